The van der Waals surface area contributed by atoms with Gasteiger partial charge in [-0.05, 0) is 32.9 Å². The fraction of sp³-hybridized carbons (Fsp3) is 0.727. The molecule has 3 nitrogen and oxygen atoms in total. The first-order valence-electron chi connectivity index (χ1n) is 5.02. The molecule has 0 bridgehead atoms. The highest BCUT2D eigenvalue weighted by Crippen LogP contribution is 2.01. The normalized spacial score (nSPS) is 12.6. The van der Waals surface area contributed by atoms with Gasteiger partial charge in [0.05, 0.1) is 0 Å². The molecule has 82 valence electrons. The monoisotopic (exact) mass is 199 g/mol. The molecular weight excluding hydrogens is 178 g/mol. The van der Waals surface area contributed by atoms with Crippen molar-refractivity contribution < 1.29 is 9.90 Å². The van der Waals surface area contributed by atoms with Crippen LogP contribution in [0.25, 0.3) is 0 Å². The maximum Gasteiger partial charge on any atom is 0.330 e. The van der Waals surface area contributed by atoms with E-state index in [1.54, 1.807) is 13.0 Å². The molecule has 0 atom stereocenters. The average Bonchev–Trinajstić information content (AvgIpc) is 2.10. The SMILES string of the molecule is CC(=CCN(C)CCC(C)C)C(=O)O. The van der Waals surface area contributed by atoms with Crippen molar-refractivity contribution in [3.63, 3.8) is 0 Å². The summed E-state index contributed by atoms with van der Waals surface area (Å²) in [5.41, 5.74) is 0.418. The van der Waals surface area contributed by atoms with Gasteiger partial charge >= 0.3 is 5.97 Å². The average molecular weight is 199 g/mol. The molecule has 0 aliphatic carbocycles. The van der Waals surface area contributed by atoms with Gasteiger partial charge in [-0.2, -0.15) is 0 Å². The van der Waals surface area contributed by atoms with Gasteiger partial charge in [-0.25, -0.2) is 4.79 Å². The molecule has 0 saturated heterocycles. The minimum absolute atomic E-state index is 0.418. The standard InChI is InChI=1S/C11H21NO2/c1-9(2)5-7-12(4)8-6-10(3)11(13)14/h6,9H,5,7-8H2,1-4H3,(H,13,14). The molecule has 3 heteroatoms. The molecule has 0 amide bonds. The zero-order chi connectivity index (χ0) is 11.1. The Hall–Kier alpha value is -0.830. The lowest BCUT2D eigenvalue weighted by atomic mass is 10.1. The summed E-state index contributed by atoms with van der Waals surface area (Å²) < 4.78 is 0. The molecule has 0 radical (unpaired) electrons. The van der Waals surface area contributed by atoms with Crippen molar-refractivity contribution in [2.24, 2.45) is 5.92 Å². The third-order valence-corrected chi connectivity index (χ3v) is 2.13. The maximum absolute atomic E-state index is 10.5. The third-order valence-electron chi connectivity index (χ3n) is 2.13. The number of hydrogen-bond donors (Lipinski definition) is 1. The number of rotatable bonds is 6. The van der Waals surface area contributed by atoms with Gasteiger partial charge in [0.1, 0.15) is 0 Å². The van der Waals surface area contributed by atoms with E-state index in [2.05, 4.69) is 18.7 Å². The Morgan fingerprint density at radius 3 is 2.50 bits per heavy atom. The van der Waals surface area contributed by atoms with E-state index in [9.17, 15) is 4.79 Å². The summed E-state index contributed by atoms with van der Waals surface area (Å²) in [6, 6.07) is 0. The highest BCUT2D eigenvalue weighted by Gasteiger charge is 2.01. The van der Waals surface area contributed by atoms with E-state index in [1.807, 2.05) is 7.05 Å². The summed E-state index contributed by atoms with van der Waals surface area (Å²) in [4.78, 5) is 12.6. The molecule has 0 rings (SSSR count). The van der Waals surface area contributed by atoms with Crippen LogP contribution >= 0.6 is 0 Å². The van der Waals surface area contributed by atoms with Gasteiger partial charge in [-0.1, -0.05) is 19.9 Å². The number of aliphatic carboxylic acids is 1. The minimum atomic E-state index is -0.831. The molecule has 14 heavy (non-hydrogen) atoms. The Kier molecular flexibility index (Phi) is 6.21. The molecule has 0 saturated carbocycles. The number of carboxylic acid groups (broad SMARTS) is 1. The van der Waals surface area contributed by atoms with E-state index < -0.39 is 5.97 Å². The van der Waals surface area contributed by atoms with Crippen LogP contribution in [0.2, 0.25) is 0 Å². The molecule has 0 unspecified atom stereocenters. The summed E-state index contributed by atoms with van der Waals surface area (Å²) in [6.45, 7) is 7.73. The molecule has 0 aliphatic rings. The molecule has 1 N–H and O–H groups in total. The highest BCUT2D eigenvalue weighted by atomic mass is 16.4. The van der Waals surface area contributed by atoms with Crippen LogP contribution in [0.15, 0.2) is 11.6 Å². The van der Waals surface area contributed by atoms with Crippen molar-refractivity contribution in [2.45, 2.75) is 27.2 Å². The van der Waals surface area contributed by atoms with E-state index >= 15 is 0 Å². The van der Waals surface area contributed by atoms with Crippen molar-refractivity contribution in [2.75, 3.05) is 20.1 Å². The quantitative estimate of drug-likeness (QED) is 0.665. The van der Waals surface area contributed by atoms with E-state index in [1.165, 1.54) is 0 Å². The Bertz CT molecular complexity index is 209. The molecule has 0 aliphatic heterocycles. The molecule has 0 fully saturated rings. The third kappa shape index (κ3) is 6.66. The molecule has 0 aromatic heterocycles. The van der Waals surface area contributed by atoms with Crippen molar-refractivity contribution in [1.82, 2.24) is 4.90 Å². The van der Waals surface area contributed by atoms with Gasteiger partial charge in [0, 0.05) is 12.1 Å². The van der Waals surface area contributed by atoms with Crippen LogP contribution in [0.4, 0.5) is 0 Å². The molecule has 0 heterocycles. The second kappa shape index (κ2) is 6.60. The van der Waals surface area contributed by atoms with Gasteiger partial charge in [0.25, 0.3) is 0 Å². The largest absolute Gasteiger partial charge is 0.478 e. The van der Waals surface area contributed by atoms with Crippen LogP contribution in [0.5, 0.6) is 0 Å². The first kappa shape index (κ1) is 13.2. The van der Waals surface area contributed by atoms with Crippen LogP contribution in [0.3, 0.4) is 0 Å². The number of hydrogen-bond acceptors (Lipinski definition) is 2. The van der Waals surface area contributed by atoms with Gasteiger partial charge in [0.2, 0.25) is 0 Å². The Morgan fingerprint density at radius 1 is 1.50 bits per heavy atom. The van der Waals surface area contributed by atoms with Crippen molar-refractivity contribution >= 4 is 5.97 Å². The lowest BCUT2D eigenvalue weighted by Gasteiger charge is -2.15. The molecule has 0 aromatic carbocycles. The zero-order valence-corrected chi connectivity index (χ0v) is 9.58. The van der Waals surface area contributed by atoms with Gasteiger partial charge < -0.3 is 10.0 Å². The highest BCUT2D eigenvalue weighted by molar-refractivity contribution is 5.85. The lowest BCUT2D eigenvalue weighted by molar-refractivity contribution is -0.132. The lowest BCUT2D eigenvalue weighted by Crippen LogP contribution is -2.21. The number of carbonyl (C=O) groups is 1. The molecular formula is C11H21NO2. The first-order valence-corrected chi connectivity index (χ1v) is 5.02. The summed E-state index contributed by atoms with van der Waals surface area (Å²) in [7, 11) is 2.01. The van der Waals surface area contributed by atoms with Gasteiger partial charge in [-0.15, -0.1) is 0 Å². The summed E-state index contributed by atoms with van der Waals surface area (Å²) in [6.07, 6.45) is 2.90. The summed E-state index contributed by atoms with van der Waals surface area (Å²) >= 11 is 0. The van der Waals surface area contributed by atoms with Crippen LogP contribution in [-0.2, 0) is 4.79 Å². The van der Waals surface area contributed by atoms with Gasteiger partial charge in [-0.3, -0.25) is 0 Å². The zero-order valence-electron chi connectivity index (χ0n) is 9.58. The van der Waals surface area contributed by atoms with Crippen LogP contribution in [0.1, 0.15) is 27.2 Å². The second-order valence-electron chi connectivity index (χ2n) is 4.14. The Balaban J connectivity index is 3.78. The van der Waals surface area contributed by atoms with E-state index in [-0.39, 0.29) is 0 Å². The number of carboxylic acids is 1. The van der Waals surface area contributed by atoms with Gasteiger partial charge in [0.15, 0.2) is 0 Å². The summed E-state index contributed by atoms with van der Waals surface area (Å²) in [5.74, 6) is -0.135. The van der Waals surface area contributed by atoms with Crippen LogP contribution in [0, 0.1) is 5.92 Å². The second-order valence-corrected chi connectivity index (χ2v) is 4.14. The van der Waals surface area contributed by atoms with Crippen molar-refractivity contribution in [1.29, 1.82) is 0 Å². The first-order chi connectivity index (χ1) is 6.43. The van der Waals surface area contributed by atoms with E-state index in [0.29, 0.717) is 18.0 Å². The predicted octanol–water partition coefficient (Wildman–Crippen LogP) is 2.00. The predicted molar refractivity (Wildman–Crippen MR) is 58.3 cm³/mol. The Labute approximate surface area is 86.4 Å². The fourth-order valence-corrected chi connectivity index (χ4v) is 0.950. The fourth-order valence-electron chi connectivity index (χ4n) is 0.950. The number of nitrogens with zero attached hydrogens (tertiary/aromatic N) is 1. The van der Waals surface area contributed by atoms with Crippen LogP contribution in [-0.4, -0.2) is 36.1 Å². The maximum atomic E-state index is 10.5. The Morgan fingerprint density at radius 2 is 2.07 bits per heavy atom. The summed E-state index contributed by atoms with van der Waals surface area (Å²) in [5, 5.41) is 8.63. The van der Waals surface area contributed by atoms with Crippen molar-refractivity contribution in [3.05, 3.63) is 11.6 Å². The molecule has 0 aromatic rings. The molecule has 0 spiro atoms. The van der Waals surface area contributed by atoms with Crippen LogP contribution < -0.4 is 0 Å². The minimum Gasteiger partial charge on any atom is -0.478 e. The van der Waals surface area contributed by atoms with Crippen molar-refractivity contribution in [3.8, 4) is 0 Å². The van der Waals surface area contributed by atoms with E-state index in [4.69, 9.17) is 5.11 Å². The topological polar surface area (TPSA) is 40.5 Å². The van der Waals surface area contributed by atoms with E-state index in [0.717, 1.165) is 13.0 Å². The number of likely N-dealkylation sites (N-methyl/N-ethyl adjacent to an activating group) is 1. The smallest absolute Gasteiger partial charge is 0.330 e.